The molecular weight excluding hydrogens is 246 g/mol. The number of halogens is 1. The van der Waals surface area contributed by atoms with Gasteiger partial charge in [-0.05, 0) is 48.0 Å². The third-order valence-electron chi connectivity index (χ3n) is 2.55. The van der Waals surface area contributed by atoms with Crippen LogP contribution < -0.4 is 5.32 Å². The number of hydrogen-bond donors (Lipinski definition) is 1. The second kappa shape index (κ2) is 4.47. The summed E-state index contributed by atoms with van der Waals surface area (Å²) in [6.07, 6.45) is 2.49. The lowest BCUT2D eigenvalue weighted by molar-refractivity contribution is 0.0735. The van der Waals surface area contributed by atoms with Crippen molar-refractivity contribution in [3.8, 4) is 0 Å². The number of furan rings is 1. The van der Waals surface area contributed by atoms with Gasteiger partial charge in [0.25, 0.3) is 0 Å². The van der Waals surface area contributed by atoms with Gasteiger partial charge in [0.05, 0.1) is 12.1 Å². The SMILES string of the molecule is CNC(c1ccc(Br)o1)C1CCCO1. The molecule has 78 valence electrons. The highest BCUT2D eigenvalue weighted by atomic mass is 79.9. The van der Waals surface area contributed by atoms with Gasteiger partial charge in [0.2, 0.25) is 0 Å². The molecule has 1 aromatic rings. The van der Waals surface area contributed by atoms with Crippen molar-refractivity contribution in [1.82, 2.24) is 5.32 Å². The van der Waals surface area contributed by atoms with Crippen molar-refractivity contribution in [3.63, 3.8) is 0 Å². The molecule has 0 spiro atoms. The number of rotatable bonds is 3. The van der Waals surface area contributed by atoms with Crippen LogP contribution in [0.4, 0.5) is 0 Å². The fourth-order valence-electron chi connectivity index (χ4n) is 1.87. The first-order valence-corrected chi connectivity index (χ1v) is 5.64. The monoisotopic (exact) mass is 259 g/mol. The maximum absolute atomic E-state index is 5.63. The topological polar surface area (TPSA) is 34.4 Å². The summed E-state index contributed by atoms with van der Waals surface area (Å²) in [5, 5.41) is 3.23. The van der Waals surface area contributed by atoms with Crippen LogP contribution in [0.3, 0.4) is 0 Å². The van der Waals surface area contributed by atoms with E-state index in [4.69, 9.17) is 9.15 Å². The molecule has 14 heavy (non-hydrogen) atoms. The average Bonchev–Trinajstić information content (AvgIpc) is 2.79. The average molecular weight is 260 g/mol. The molecule has 1 aliphatic heterocycles. The molecule has 2 heterocycles. The van der Waals surface area contributed by atoms with E-state index in [0.717, 1.165) is 29.9 Å². The summed E-state index contributed by atoms with van der Waals surface area (Å²) in [7, 11) is 1.93. The Kier molecular flexibility index (Phi) is 3.26. The largest absolute Gasteiger partial charge is 0.453 e. The summed E-state index contributed by atoms with van der Waals surface area (Å²) >= 11 is 3.30. The second-order valence-corrected chi connectivity index (χ2v) is 4.24. The van der Waals surface area contributed by atoms with Gasteiger partial charge in [0, 0.05) is 6.61 Å². The van der Waals surface area contributed by atoms with Crippen LogP contribution in [0.25, 0.3) is 0 Å². The van der Waals surface area contributed by atoms with E-state index in [2.05, 4.69) is 21.2 Å². The van der Waals surface area contributed by atoms with E-state index < -0.39 is 0 Å². The predicted molar refractivity (Wildman–Crippen MR) is 57.2 cm³/mol. The van der Waals surface area contributed by atoms with Gasteiger partial charge in [0.1, 0.15) is 5.76 Å². The lowest BCUT2D eigenvalue weighted by Gasteiger charge is -2.19. The fraction of sp³-hybridized carbons (Fsp3) is 0.600. The van der Waals surface area contributed by atoms with Gasteiger partial charge < -0.3 is 14.5 Å². The molecule has 1 fully saturated rings. The van der Waals surface area contributed by atoms with Gasteiger partial charge in [-0.15, -0.1) is 0 Å². The summed E-state index contributed by atoms with van der Waals surface area (Å²) in [5.41, 5.74) is 0. The van der Waals surface area contributed by atoms with Crippen LogP contribution in [0.5, 0.6) is 0 Å². The molecule has 1 N–H and O–H groups in total. The quantitative estimate of drug-likeness (QED) is 0.906. The lowest BCUT2D eigenvalue weighted by Crippen LogP contribution is -2.28. The molecule has 1 aromatic heterocycles. The fourth-order valence-corrected chi connectivity index (χ4v) is 2.19. The Morgan fingerprint density at radius 1 is 1.57 bits per heavy atom. The molecule has 2 atom stereocenters. The molecule has 0 saturated carbocycles. The summed E-state index contributed by atoms with van der Waals surface area (Å²) < 4.78 is 11.9. The third kappa shape index (κ3) is 2.02. The zero-order valence-corrected chi connectivity index (χ0v) is 9.71. The molecule has 4 heteroatoms. The number of hydrogen-bond acceptors (Lipinski definition) is 3. The summed E-state index contributed by atoms with van der Waals surface area (Å²) in [6.45, 7) is 0.866. The van der Waals surface area contributed by atoms with Crippen molar-refractivity contribution in [3.05, 3.63) is 22.6 Å². The minimum absolute atomic E-state index is 0.170. The van der Waals surface area contributed by atoms with Gasteiger partial charge in [-0.2, -0.15) is 0 Å². The normalized spacial score (nSPS) is 24.0. The maximum Gasteiger partial charge on any atom is 0.169 e. The van der Waals surface area contributed by atoms with Crippen LogP contribution in [0.1, 0.15) is 24.6 Å². The van der Waals surface area contributed by atoms with Crippen LogP contribution in [-0.2, 0) is 4.74 Å². The van der Waals surface area contributed by atoms with Crippen molar-refractivity contribution in [2.45, 2.75) is 25.0 Å². The van der Waals surface area contributed by atoms with Crippen LogP contribution in [0.2, 0.25) is 0 Å². The minimum atomic E-state index is 0.170. The number of likely N-dealkylation sites (N-methyl/N-ethyl adjacent to an activating group) is 1. The van der Waals surface area contributed by atoms with E-state index in [9.17, 15) is 0 Å². The van der Waals surface area contributed by atoms with Crippen LogP contribution >= 0.6 is 15.9 Å². The molecule has 0 amide bonds. The Morgan fingerprint density at radius 2 is 2.43 bits per heavy atom. The van der Waals surface area contributed by atoms with Gasteiger partial charge in [-0.25, -0.2) is 0 Å². The second-order valence-electron chi connectivity index (χ2n) is 3.46. The standard InChI is InChI=1S/C10H14BrNO2/c1-12-10(7-3-2-6-13-7)8-4-5-9(11)14-8/h4-5,7,10,12H,2-3,6H2,1H3. The molecule has 1 saturated heterocycles. The molecule has 3 nitrogen and oxygen atoms in total. The highest BCUT2D eigenvalue weighted by molar-refractivity contribution is 9.10. The number of ether oxygens (including phenoxy) is 1. The minimum Gasteiger partial charge on any atom is -0.453 e. The predicted octanol–water partition coefficient (Wildman–Crippen LogP) is 2.48. The molecule has 2 unspecified atom stereocenters. The van der Waals surface area contributed by atoms with Crippen molar-refractivity contribution < 1.29 is 9.15 Å². The van der Waals surface area contributed by atoms with E-state index in [0.29, 0.717) is 0 Å². The molecule has 1 aliphatic rings. The Hall–Kier alpha value is -0.320. The van der Waals surface area contributed by atoms with E-state index in [1.165, 1.54) is 0 Å². The highest BCUT2D eigenvalue weighted by Gasteiger charge is 2.28. The van der Waals surface area contributed by atoms with Gasteiger partial charge in [-0.3, -0.25) is 0 Å². The number of nitrogens with one attached hydrogen (secondary N) is 1. The maximum atomic E-state index is 5.63. The van der Waals surface area contributed by atoms with Crippen molar-refractivity contribution in [2.75, 3.05) is 13.7 Å². The molecule has 0 radical (unpaired) electrons. The highest BCUT2D eigenvalue weighted by Crippen LogP contribution is 2.28. The van der Waals surface area contributed by atoms with Crippen molar-refractivity contribution in [2.24, 2.45) is 0 Å². The van der Waals surface area contributed by atoms with Gasteiger partial charge in [-0.1, -0.05) is 0 Å². The summed E-state index contributed by atoms with van der Waals surface area (Å²) in [5.74, 6) is 0.936. The lowest BCUT2D eigenvalue weighted by atomic mass is 10.1. The summed E-state index contributed by atoms with van der Waals surface area (Å²) in [4.78, 5) is 0. The Morgan fingerprint density at radius 3 is 2.93 bits per heavy atom. The first-order valence-electron chi connectivity index (χ1n) is 4.85. The molecule has 0 aliphatic carbocycles. The van der Waals surface area contributed by atoms with E-state index in [1.54, 1.807) is 0 Å². The van der Waals surface area contributed by atoms with Crippen LogP contribution in [0.15, 0.2) is 21.2 Å². The molecule has 0 aromatic carbocycles. The van der Waals surface area contributed by atoms with Crippen molar-refractivity contribution >= 4 is 15.9 Å². The first kappa shape index (κ1) is 10.2. The zero-order valence-electron chi connectivity index (χ0n) is 8.13. The molecule has 0 bridgehead atoms. The van der Waals surface area contributed by atoms with Gasteiger partial charge in [0.15, 0.2) is 4.67 Å². The summed E-state index contributed by atoms with van der Waals surface area (Å²) in [6, 6.07) is 4.06. The van der Waals surface area contributed by atoms with E-state index >= 15 is 0 Å². The zero-order chi connectivity index (χ0) is 9.97. The first-order chi connectivity index (χ1) is 6.81. The van der Waals surface area contributed by atoms with E-state index in [1.807, 2.05) is 19.2 Å². The Labute approximate surface area is 91.9 Å². The Bertz CT molecular complexity index is 294. The smallest absolute Gasteiger partial charge is 0.169 e. The van der Waals surface area contributed by atoms with Crippen molar-refractivity contribution in [1.29, 1.82) is 0 Å². The van der Waals surface area contributed by atoms with Crippen LogP contribution in [-0.4, -0.2) is 19.8 Å². The van der Waals surface area contributed by atoms with Gasteiger partial charge >= 0.3 is 0 Å². The van der Waals surface area contributed by atoms with E-state index in [-0.39, 0.29) is 12.1 Å². The molecule has 2 rings (SSSR count). The molecular formula is C10H14BrNO2. The Balaban J connectivity index is 2.12. The third-order valence-corrected chi connectivity index (χ3v) is 2.97. The van der Waals surface area contributed by atoms with Crippen LogP contribution in [0, 0.1) is 0 Å².